The van der Waals surface area contributed by atoms with Gasteiger partial charge in [-0.25, -0.2) is 17.5 Å². The predicted molar refractivity (Wildman–Crippen MR) is 132 cm³/mol. The first-order valence-corrected chi connectivity index (χ1v) is 13.6. The van der Waals surface area contributed by atoms with Gasteiger partial charge in [-0.3, -0.25) is 14.4 Å². The minimum absolute atomic E-state index is 0.0700. The first-order valence-electron chi connectivity index (χ1n) is 12.2. The number of hydrogen-bond donors (Lipinski definition) is 3. The first kappa shape index (κ1) is 29.3. The van der Waals surface area contributed by atoms with Crippen LogP contribution in [0.25, 0.3) is 0 Å². The lowest BCUT2D eigenvalue weighted by molar-refractivity contribution is -0.162. The number of carbonyl (C=O) groups excluding carboxylic acids is 3. The molecule has 3 atom stereocenters. The molecule has 3 amide bonds. The molecule has 1 fully saturated rings. The molecule has 4 rings (SSSR count). The standard InChI is InChI=1S/C24H27F4N5O6S/c1-12-8-15(4-5-16(12)25)30-21(34)19-20-18(10-32(19)3)40(37,38)31-17-6-7-33(9-14(17)11-39-20)23(36)22(35)29-13(2)24(26,27)28/h4-5,8,10,13-14,17,31H,6-7,9,11H2,1-3H3,(H,29,35)(H,30,34)/t13-,14+,17-/m1/s1. The van der Waals surface area contributed by atoms with E-state index in [2.05, 4.69) is 10.0 Å². The van der Waals surface area contributed by atoms with Crippen LogP contribution in [-0.4, -0.2) is 73.6 Å². The number of aromatic nitrogens is 1. The normalized spacial score (nSPS) is 21.1. The fraction of sp³-hybridized carbons (Fsp3) is 0.458. The number of aryl methyl sites for hydroxylation is 2. The molecule has 0 bridgehead atoms. The topological polar surface area (TPSA) is 139 Å². The number of nitrogens with one attached hydrogen (secondary N) is 3. The van der Waals surface area contributed by atoms with E-state index >= 15 is 0 Å². The Bertz CT molecular complexity index is 1460. The van der Waals surface area contributed by atoms with Crippen molar-refractivity contribution in [2.24, 2.45) is 13.0 Å². The number of piperidine rings is 1. The Morgan fingerprint density at radius 1 is 1.23 bits per heavy atom. The number of alkyl halides is 3. The van der Waals surface area contributed by atoms with Crippen molar-refractivity contribution in [2.75, 3.05) is 25.0 Å². The van der Waals surface area contributed by atoms with Crippen LogP contribution in [0.5, 0.6) is 5.75 Å². The highest BCUT2D eigenvalue weighted by Crippen LogP contribution is 2.35. The third-order valence-electron chi connectivity index (χ3n) is 6.83. The summed E-state index contributed by atoms with van der Waals surface area (Å²) in [5, 5.41) is 4.21. The number of hydrogen-bond acceptors (Lipinski definition) is 6. The number of anilines is 1. The summed E-state index contributed by atoms with van der Waals surface area (Å²) in [6.07, 6.45) is -3.45. The third kappa shape index (κ3) is 5.91. The molecule has 0 aliphatic carbocycles. The second-order valence-corrected chi connectivity index (χ2v) is 11.5. The Labute approximate surface area is 226 Å². The second kappa shape index (κ2) is 10.7. The van der Waals surface area contributed by atoms with Gasteiger partial charge < -0.3 is 24.8 Å². The monoisotopic (exact) mass is 589 g/mol. The molecule has 218 valence electrons. The Morgan fingerprint density at radius 2 is 1.93 bits per heavy atom. The zero-order valence-corrected chi connectivity index (χ0v) is 22.5. The molecule has 3 heterocycles. The smallest absolute Gasteiger partial charge is 0.408 e. The summed E-state index contributed by atoms with van der Waals surface area (Å²) in [4.78, 5) is 38.6. The Hall–Kier alpha value is -3.66. The third-order valence-corrected chi connectivity index (χ3v) is 8.31. The molecule has 0 saturated carbocycles. The fourth-order valence-corrected chi connectivity index (χ4v) is 6.09. The molecule has 1 aromatic carbocycles. The maximum Gasteiger partial charge on any atom is 0.408 e. The molecule has 1 aromatic heterocycles. The number of rotatable bonds is 3. The van der Waals surface area contributed by atoms with Crippen molar-refractivity contribution in [3.8, 4) is 5.75 Å². The highest BCUT2D eigenvalue weighted by molar-refractivity contribution is 7.89. The number of nitrogens with zero attached hydrogens (tertiary/aromatic N) is 2. The predicted octanol–water partition coefficient (Wildman–Crippen LogP) is 1.68. The number of halogens is 4. The van der Waals surface area contributed by atoms with E-state index in [1.165, 1.54) is 42.9 Å². The number of fused-ring (bicyclic) bond motifs is 2. The summed E-state index contributed by atoms with van der Waals surface area (Å²) in [6, 6.07) is 0.974. The van der Waals surface area contributed by atoms with E-state index in [4.69, 9.17) is 4.74 Å². The Kier molecular flexibility index (Phi) is 7.86. The van der Waals surface area contributed by atoms with Gasteiger partial charge >= 0.3 is 18.0 Å². The van der Waals surface area contributed by atoms with Crippen LogP contribution >= 0.6 is 0 Å². The second-order valence-electron chi connectivity index (χ2n) is 9.78. The van der Waals surface area contributed by atoms with Crippen molar-refractivity contribution in [3.05, 3.63) is 41.5 Å². The molecule has 2 aliphatic heterocycles. The van der Waals surface area contributed by atoms with Gasteiger partial charge in [-0.2, -0.15) is 13.2 Å². The van der Waals surface area contributed by atoms with E-state index in [9.17, 15) is 40.4 Å². The van der Waals surface area contributed by atoms with Gasteiger partial charge in [0.15, 0.2) is 11.4 Å². The molecule has 0 spiro atoms. The average molecular weight is 590 g/mol. The largest absolute Gasteiger partial charge is 0.489 e. The minimum atomic E-state index is -4.73. The maximum atomic E-state index is 13.6. The number of likely N-dealkylation sites (tertiary alicyclic amines) is 1. The van der Waals surface area contributed by atoms with Crippen LogP contribution in [0.4, 0.5) is 23.2 Å². The van der Waals surface area contributed by atoms with E-state index in [0.717, 1.165) is 4.90 Å². The summed E-state index contributed by atoms with van der Waals surface area (Å²) >= 11 is 0. The Morgan fingerprint density at radius 3 is 2.58 bits per heavy atom. The van der Waals surface area contributed by atoms with Crippen molar-refractivity contribution in [1.82, 2.24) is 19.5 Å². The lowest BCUT2D eigenvalue weighted by atomic mass is 9.93. The highest BCUT2D eigenvalue weighted by Gasteiger charge is 2.42. The molecule has 0 radical (unpaired) electrons. The van der Waals surface area contributed by atoms with Crippen LogP contribution in [-0.2, 0) is 26.7 Å². The quantitative estimate of drug-likeness (QED) is 0.368. The van der Waals surface area contributed by atoms with Gasteiger partial charge in [-0.15, -0.1) is 0 Å². The molecular formula is C24H27F4N5O6S. The number of sulfonamides is 1. The summed E-state index contributed by atoms with van der Waals surface area (Å²) < 4.78 is 88.1. The SMILES string of the molecule is Cc1cc(NC(=O)c2c3c(cn2C)S(=O)(=O)N[C@@H]2CCN(C(=O)C(=O)N[C@H](C)C(F)(F)F)C[C@H]2CO3)ccc1F. The van der Waals surface area contributed by atoms with Crippen LogP contribution < -0.4 is 20.1 Å². The van der Waals surface area contributed by atoms with E-state index in [1.807, 2.05) is 0 Å². The molecule has 16 heteroatoms. The number of amides is 3. The molecular weight excluding hydrogens is 562 g/mol. The van der Waals surface area contributed by atoms with Crippen molar-refractivity contribution >= 4 is 33.4 Å². The van der Waals surface area contributed by atoms with Crippen LogP contribution in [0.2, 0.25) is 0 Å². The zero-order valence-electron chi connectivity index (χ0n) is 21.6. The van der Waals surface area contributed by atoms with Crippen molar-refractivity contribution in [1.29, 1.82) is 0 Å². The molecule has 0 unspecified atom stereocenters. The minimum Gasteiger partial charge on any atom is -0.489 e. The van der Waals surface area contributed by atoms with Crippen molar-refractivity contribution in [3.63, 3.8) is 0 Å². The van der Waals surface area contributed by atoms with Gasteiger partial charge in [-0.1, -0.05) is 0 Å². The molecule has 40 heavy (non-hydrogen) atoms. The Balaban J connectivity index is 1.54. The average Bonchev–Trinajstić information content (AvgIpc) is 3.20. The van der Waals surface area contributed by atoms with E-state index in [1.54, 1.807) is 5.32 Å². The molecule has 3 N–H and O–H groups in total. The maximum absolute atomic E-state index is 13.6. The lowest BCUT2D eigenvalue weighted by Gasteiger charge is -2.39. The fourth-order valence-electron chi connectivity index (χ4n) is 4.56. The number of ether oxygens (including phenoxy) is 1. The summed E-state index contributed by atoms with van der Waals surface area (Å²) in [5.41, 5.74) is 0.419. The van der Waals surface area contributed by atoms with E-state index in [0.29, 0.717) is 6.92 Å². The van der Waals surface area contributed by atoms with Gasteiger partial charge in [0.1, 0.15) is 16.8 Å². The van der Waals surface area contributed by atoms with Gasteiger partial charge in [0.25, 0.3) is 5.91 Å². The molecule has 2 aromatic rings. The van der Waals surface area contributed by atoms with Crippen LogP contribution in [0.15, 0.2) is 29.3 Å². The van der Waals surface area contributed by atoms with Crippen LogP contribution in [0, 0.1) is 18.7 Å². The van der Waals surface area contributed by atoms with E-state index < -0.39 is 57.7 Å². The summed E-state index contributed by atoms with van der Waals surface area (Å²) in [7, 11) is -2.77. The van der Waals surface area contributed by atoms with E-state index in [-0.39, 0.29) is 53.7 Å². The van der Waals surface area contributed by atoms with Crippen LogP contribution in [0.1, 0.15) is 29.4 Å². The lowest BCUT2D eigenvalue weighted by Crippen LogP contribution is -2.57. The number of carbonyl (C=O) groups is 3. The van der Waals surface area contributed by atoms with Crippen molar-refractivity contribution in [2.45, 2.75) is 43.4 Å². The van der Waals surface area contributed by atoms with Crippen molar-refractivity contribution < 1.29 is 45.1 Å². The summed E-state index contributed by atoms with van der Waals surface area (Å²) in [6.45, 7) is 1.78. The molecule has 11 nitrogen and oxygen atoms in total. The van der Waals surface area contributed by atoms with Crippen LogP contribution in [0.3, 0.4) is 0 Å². The number of benzene rings is 1. The zero-order chi connectivity index (χ0) is 29.6. The van der Waals surface area contributed by atoms with Gasteiger partial charge in [0, 0.05) is 44.0 Å². The van der Waals surface area contributed by atoms with Gasteiger partial charge in [-0.05, 0) is 44.0 Å². The highest BCUT2D eigenvalue weighted by atomic mass is 32.2. The molecule has 1 saturated heterocycles. The van der Waals surface area contributed by atoms with Gasteiger partial charge in [0.05, 0.1) is 6.61 Å². The molecule has 2 aliphatic rings. The van der Waals surface area contributed by atoms with Gasteiger partial charge in [0.2, 0.25) is 10.0 Å². The first-order chi connectivity index (χ1) is 18.6. The summed E-state index contributed by atoms with van der Waals surface area (Å²) in [5.74, 6) is -4.75.